The number of amides is 1. The number of carbonyl (C=O) groups excluding carboxylic acids is 1. The zero-order valence-corrected chi connectivity index (χ0v) is 18.1. The summed E-state index contributed by atoms with van der Waals surface area (Å²) in [5, 5.41) is 12.7. The largest absolute Gasteiger partial charge is 0.478 e. The third-order valence-corrected chi connectivity index (χ3v) is 5.98. The molecule has 156 valence electrons. The number of aryl methyl sites for hydroxylation is 2. The number of rotatable bonds is 6. The fourth-order valence-corrected chi connectivity index (χ4v) is 4.59. The summed E-state index contributed by atoms with van der Waals surface area (Å²) in [6, 6.07) is 19.2. The van der Waals surface area contributed by atoms with E-state index in [4.69, 9.17) is 5.11 Å². The molecule has 3 aromatic carbocycles. The van der Waals surface area contributed by atoms with Crippen LogP contribution >= 0.6 is 11.3 Å². The van der Waals surface area contributed by atoms with Crippen LogP contribution in [0.15, 0.2) is 60.7 Å². The van der Waals surface area contributed by atoms with Gasteiger partial charge >= 0.3 is 5.97 Å². The quantitative estimate of drug-likeness (QED) is 0.444. The molecule has 0 radical (unpaired) electrons. The molecule has 6 heteroatoms. The van der Waals surface area contributed by atoms with Crippen LogP contribution in [0.5, 0.6) is 0 Å². The maximum atomic E-state index is 12.4. The van der Waals surface area contributed by atoms with E-state index in [1.807, 2.05) is 6.07 Å². The smallest absolute Gasteiger partial charge is 0.335 e. The van der Waals surface area contributed by atoms with Crippen LogP contribution < -0.4 is 5.32 Å². The molecule has 0 unspecified atom stereocenters. The minimum Gasteiger partial charge on any atom is -0.478 e. The second kappa shape index (κ2) is 8.70. The fourth-order valence-electron chi connectivity index (χ4n) is 3.58. The van der Waals surface area contributed by atoms with Crippen LogP contribution in [-0.4, -0.2) is 22.0 Å². The minimum atomic E-state index is -0.983. The molecule has 2 N–H and O–H groups in total. The molecule has 1 amide bonds. The highest BCUT2D eigenvalue weighted by molar-refractivity contribution is 7.18. The van der Waals surface area contributed by atoms with Gasteiger partial charge in [0.2, 0.25) is 5.91 Å². The molecule has 0 aliphatic heterocycles. The maximum absolute atomic E-state index is 12.4. The molecule has 0 atom stereocenters. The van der Waals surface area contributed by atoms with Gasteiger partial charge in [-0.05, 0) is 54.8 Å². The van der Waals surface area contributed by atoms with Crippen LogP contribution in [0.2, 0.25) is 0 Å². The lowest BCUT2D eigenvalue weighted by Gasteiger charge is -2.05. The third kappa shape index (κ3) is 4.98. The van der Waals surface area contributed by atoms with Crippen LogP contribution in [0.4, 0.5) is 0 Å². The van der Waals surface area contributed by atoms with Gasteiger partial charge in [0, 0.05) is 6.54 Å². The van der Waals surface area contributed by atoms with Gasteiger partial charge in [-0.1, -0.05) is 47.5 Å². The summed E-state index contributed by atoms with van der Waals surface area (Å²) in [4.78, 5) is 28.0. The van der Waals surface area contributed by atoms with Crippen LogP contribution in [0, 0.1) is 13.8 Å². The normalized spacial score (nSPS) is 10.9. The summed E-state index contributed by atoms with van der Waals surface area (Å²) in [6.07, 6.45) is 0.191. The SMILES string of the molecule is Cc1cc(C)cc(-c2ccc3nc(CC(=O)NCc4cccc(C(=O)O)c4)sc3c2)c1. The first kappa shape index (κ1) is 20.8. The number of nitrogens with one attached hydrogen (secondary N) is 1. The number of nitrogens with zero attached hydrogens (tertiary/aromatic N) is 1. The third-order valence-electron chi connectivity index (χ3n) is 4.96. The Balaban J connectivity index is 1.45. The fraction of sp³-hybridized carbons (Fsp3) is 0.160. The monoisotopic (exact) mass is 430 g/mol. The average Bonchev–Trinajstić information content (AvgIpc) is 3.13. The highest BCUT2D eigenvalue weighted by Crippen LogP contribution is 2.29. The average molecular weight is 431 g/mol. The first-order chi connectivity index (χ1) is 14.9. The second-order valence-electron chi connectivity index (χ2n) is 7.63. The lowest BCUT2D eigenvalue weighted by atomic mass is 10.0. The van der Waals surface area contributed by atoms with Crippen molar-refractivity contribution in [1.82, 2.24) is 10.3 Å². The molecular weight excluding hydrogens is 408 g/mol. The maximum Gasteiger partial charge on any atom is 0.335 e. The summed E-state index contributed by atoms with van der Waals surface area (Å²) in [5.74, 6) is -1.13. The molecule has 4 rings (SSSR count). The lowest BCUT2D eigenvalue weighted by molar-refractivity contribution is -0.120. The van der Waals surface area contributed by atoms with E-state index < -0.39 is 5.97 Å². The van der Waals surface area contributed by atoms with Gasteiger partial charge in [-0.2, -0.15) is 0 Å². The van der Waals surface area contributed by atoms with Crippen molar-refractivity contribution in [3.05, 3.63) is 87.9 Å². The second-order valence-corrected chi connectivity index (χ2v) is 8.74. The molecule has 1 aromatic heterocycles. The van der Waals surface area contributed by atoms with E-state index in [1.54, 1.807) is 18.2 Å². The number of carboxylic acids is 1. The summed E-state index contributed by atoms with van der Waals surface area (Å²) < 4.78 is 1.05. The highest BCUT2D eigenvalue weighted by atomic mass is 32.1. The number of fused-ring (bicyclic) bond motifs is 1. The van der Waals surface area contributed by atoms with E-state index in [9.17, 15) is 9.59 Å². The number of aromatic carboxylic acids is 1. The molecular formula is C25H22N2O3S. The Labute approximate surface area is 184 Å². The van der Waals surface area contributed by atoms with Crippen molar-refractivity contribution >= 4 is 33.4 Å². The predicted octanol–water partition coefficient (Wildman–Crippen LogP) is 5.14. The van der Waals surface area contributed by atoms with Crippen LogP contribution in [0.1, 0.15) is 32.1 Å². The van der Waals surface area contributed by atoms with Crippen molar-refractivity contribution in [2.24, 2.45) is 0 Å². The molecule has 0 saturated carbocycles. The van der Waals surface area contributed by atoms with E-state index in [1.165, 1.54) is 34.1 Å². The first-order valence-corrected chi connectivity index (χ1v) is 10.8. The van der Waals surface area contributed by atoms with E-state index in [0.717, 1.165) is 26.4 Å². The Morgan fingerprint density at radius 1 is 0.968 bits per heavy atom. The minimum absolute atomic E-state index is 0.144. The van der Waals surface area contributed by atoms with E-state index in [0.29, 0.717) is 0 Å². The van der Waals surface area contributed by atoms with Gasteiger partial charge in [-0.15, -0.1) is 11.3 Å². The van der Waals surface area contributed by atoms with E-state index in [-0.39, 0.29) is 24.4 Å². The first-order valence-electron chi connectivity index (χ1n) is 9.94. The van der Waals surface area contributed by atoms with E-state index in [2.05, 4.69) is 54.5 Å². The van der Waals surface area contributed by atoms with E-state index >= 15 is 0 Å². The number of carbonyl (C=O) groups is 2. The summed E-state index contributed by atoms with van der Waals surface area (Å²) in [6.45, 7) is 4.47. The zero-order valence-electron chi connectivity index (χ0n) is 17.3. The number of hydrogen-bond acceptors (Lipinski definition) is 4. The Morgan fingerprint density at radius 3 is 2.48 bits per heavy atom. The summed E-state index contributed by atoms with van der Waals surface area (Å²) in [5.41, 5.74) is 6.60. The van der Waals surface area contributed by atoms with Crippen LogP contribution in [0.25, 0.3) is 21.3 Å². The van der Waals surface area contributed by atoms with Gasteiger partial charge < -0.3 is 10.4 Å². The van der Waals surface area contributed by atoms with Crippen molar-refractivity contribution < 1.29 is 14.7 Å². The van der Waals surface area contributed by atoms with Crippen LogP contribution in [-0.2, 0) is 17.8 Å². The van der Waals surface area contributed by atoms with Gasteiger partial charge in [0.25, 0.3) is 0 Å². The number of hydrogen-bond donors (Lipinski definition) is 2. The van der Waals surface area contributed by atoms with Crippen molar-refractivity contribution in [3.63, 3.8) is 0 Å². The number of benzene rings is 3. The predicted molar refractivity (Wildman–Crippen MR) is 123 cm³/mol. The molecule has 5 nitrogen and oxygen atoms in total. The topological polar surface area (TPSA) is 79.3 Å². The summed E-state index contributed by atoms with van der Waals surface area (Å²) >= 11 is 1.52. The molecule has 31 heavy (non-hydrogen) atoms. The zero-order chi connectivity index (χ0) is 22.0. The van der Waals surface area contributed by atoms with Gasteiger partial charge in [0.15, 0.2) is 0 Å². The lowest BCUT2D eigenvalue weighted by Crippen LogP contribution is -2.24. The van der Waals surface area contributed by atoms with Gasteiger partial charge in [0.1, 0.15) is 5.01 Å². The Morgan fingerprint density at radius 2 is 1.74 bits per heavy atom. The molecule has 0 aliphatic rings. The Kier molecular flexibility index (Phi) is 5.82. The number of aromatic nitrogens is 1. The number of carboxylic acid groups (broad SMARTS) is 1. The van der Waals surface area contributed by atoms with Gasteiger partial charge in [-0.3, -0.25) is 4.79 Å². The Hall–Kier alpha value is -3.51. The molecule has 0 bridgehead atoms. The molecule has 0 spiro atoms. The van der Waals surface area contributed by atoms with Gasteiger partial charge in [-0.25, -0.2) is 9.78 Å². The summed E-state index contributed by atoms with van der Waals surface area (Å²) in [7, 11) is 0. The standard InChI is InChI=1S/C25H22N2O3S/c1-15-8-16(2)10-20(9-15)18-6-7-21-22(12-18)31-24(27-21)13-23(28)26-14-17-4-3-5-19(11-17)25(29)30/h3-12H,13-14H2,1-2H3,(H,26,28)(H,29,30). The van der Waals surface area contributed by atoms with Crippen LogP contribution in [0.3, 0.4) is 0 Å². The molecule has 4 aromatic rings. The van der Waals surface area contributed by atoms with Crippen molar-refractivity contribution in [3.8, 4) is 11.1 Å². The molecule has 0 fully saturated rings. The molecule has 0 aliphatic carbocycles. The van der Waals surface area contributed by atoms with Crippen molar-refractivity contribution in [1.29, 1.82) is 0 Å². The molecule has 1 heterocycles. The number of thiazole rings is 1. The van der Waals surface area contributed by atoms with Gasteiger partial charge in [0.05, 0.1) is 22.2 Å². The molecule has 0 saturated heterocycles. The van der Waals surface area contributed by atoms with Crippen molar-refractivity contribution in [2.45, 2.75) is 26.8 Å². The highest BCUT2D eigenvalue weighted by Gasteiger charge is 2.11. The van der Waals surface area contributed by atoms with Crippen molar-refractivity contribution in [2.75, 3.05) is 0 Å². The Bertz CT molecular complexity index is 1270.